The van der Waals surface area contributed by atoms with Gasteiger partial charge in [-0.05, 0) is 43.7 Å². The molecule has 0 saturated carbocycles. The maximum absolute atomic E-state index is 5.37. The summed E-state index contributed by atoms with van der Waals surface area (Å²) in [5, 5.41) is 7.74. The first-order valence-electron chi connectivity index (χ1n) is 8.00. The zero-order valence-electron chi connectivity index (χ0n) is 12.4. The molecule has 5 heteroatoms. The number of nitrogens with zero attached hydrogens (tertiary/aromatic N) is 3. The van der Waals surface area contributed by atoms with Crippen LogP contribution < -0.4 is 5.32 Å². The molecule has 1 aromatic rings. The first-order valence-corrected chi connectivity index (χ1v) is 8.00. The lowest BCUT2D eigenvalue weighted by Gasteiger charge is -2.22. The summed E-state index contributed by atoms with van der Waals surface area (Å²) in [4.78, 5) is 7.22. The van der Waals surface area contributed by atoms with E-state index in [0.29, 0.717) is 5.92 Å². The van der Waals surface area contributed by atoms with E-state index in [1.807, 2.05) is 0 Å². The summed E-state index contributed by atoms with van der Waals surface area (Å²) in [5.74, 6) is 3.96. The van der Waals surface area contributed by atoms with Gasteiger partial charge in [-0.2, -0.15) is 4.98 Å². The van der Waals surface area contributed by atoms with E-state index in [4.69, 9.17) is 4.52 Å². The lowest BCUT2D eigenvalue weighted by molar-refractivity contribution is 0.210. The second kappa shape index (κ2) is 4.81. The average Bonchev–Trinajstić information content (AvgIpc) is 3.12. The number of hydrogen-bond acceptors (Lipinski definition) is 5. The van der Waals surface area contributed by atoms with Gasteiger partial charge >= 0.3 is 0 Å². The quantitative estimate of drug-likeness (QED) is 0.902. The van der Waals surface area contributed by atoms with Crippen LogP contribution in [0.3, 0.4) is 0 Å². The van der Waals surface area contributed by atoms with E-state index in [1.54, 1.807) is 0 Å². The Labute approximate surface area is 120 Å². The molecule has 5 nitrogen and oxygen atoms in total. The van der Waals surface area contributed by atoms with Gasteiger partial charge in [0.2, 0.25) is 5.89 Å². The van der Waals surface area contributed by atoms with Gasteiger partial charge in [0, 0.05) is 18.5 Å². The Bertz CT molecular complexity index is 468. The summed E-state index contributed by atoms with van der Waals surface area (Å²) < 4.78 is 5.37. The summed E-state index contributed by atoms with van der Waals surface area (Å²) >= 11 is 0. The van der Waals surface area contributed by atoms with Crippen molar-refractivity contribution in [1.82, 2.24) is 20.4 Å². The van der Waals surface area contributed by atoms with E-state index < -0.39 is 0 Å². The summed E-state index contributed by atoms with van der Waals surface area (Å²) in [6.45, 7) is 7.64. The van der Waals surface area contributed by atoms with Crippen molar-refractivity contribution >= 4 is 0 Å². The van der Waals surface area contributed by atoms with Gasteiger partial charge < -0.3 is 9.84 Å². The largest absolute Gasteiger partial charge is 0.339 e. The molecule has 0 spiro atoms. The Morgan fingerprint density at radius 1 is 1.25 bits per heavy atom. The van der Waals surface area contributed by atoms with Gasteiger partial charge in [0.1, 0.15) is 0 Å². The number of nitrogens with one attached hydrogen (secondary N) is 1. The van der Waals surface area contributed by atoms with E-state index in [9.17, 15) is 0 Å². The molecule has 1 N–H and O–H groups in total. The van der Waals surface area contributed by atoms with E-state index in [1.165, 1.54) is 25.9 Å². The number of rotatable bonds is 4. The van der Waals surface area contributed by atoms with Crippen LogP contribution in [0.1, 0.15) is 38.4 Å². The molecule has 3 fully saturated rings. The van der Waals surface area contributed by atoms with E-state index >= 15 is 0 Å². The van der Waals surface area contributed by atoms with E-state index in [2.05, 4.69) is 34.2 Å². The lowest BCUT2D eigenvalue weighted by Crippen LogP contribution is -2.34. The van der Waals surface area contributed by atoms with Gasteiger partial charge in [0.05, 0.1) is 6.54 Å². The third kappa shape index (κ3) is 1.99. The van der Waals surface area contributed by atoms with Crippen LogP contribution in [0.15, 0.2) is 4.52 Å². The fourth-order valence-corrected chi connectivity index (χ4v) is 4.59. The molecule has 0 aromatic carbocycles. The third-order valence-corrected chi connectivity index (χ3v) is 5.33. The summed E-state index contributed by atoms with van der Waals surface area (Å²) in [6.07, 6.45) is 3.59. The predicted octanol–water partition coefficient (Wildman–Crippen LogP) is 1.45. The summed E-state index contributed by atoms with van der Waals surface area (Å²) in [6, 6.07) is 1.49. The fraction of sp³-hybridized carbons (Fsp3) is 0.867. The monoisotopic (exact) mass is 276 g/mol. The highest BCUT2D eigenvalue weighted by Crippen LogP contribution is 2.47. The Hall–Kier alpha value is -0.940. The SMILES string of the molecule is CC(C)Cc1nc(CN2[C@@H]3CC[C@H]2[C@H]2CNC[C@H]23)no1. The van der Waals surface area contributed by atoms with Crippen LogP contribution in [0.2, 0.25) is 0 Å². The normalized spacial score (nSPS) is 36.1. The standard InChI is InChI=1S/C15H24N4O/c1-9(2)5-15-17-14(18-20-15)8-19-12-3-4-13(19)11-7-16-6-10(11)12/h9-13,16H,3-8H2,1-2H3/t10-,11+,12-,13+. The van der Waals surface area contributed by atoms with Crippen LogP contribution in [-0.2, 0) is 13.0 Å². The highest BCUT2D eigenvalue weighted by Gasteiger charge is 2.54. The van der Waals surface area contributed by atoms with Gasteiger partial charge in [-0.1, -0.05) is 19.0 Å². The van der Waals surface area contributed by atoms with Crippen LogP contribution in [-0.4, -0.2) is 40.2 Å². The van der Waals surface area contributed by atoms with Gasteiger partial charge in [-0.15, -0.1) is 0 Å². The molecule has 3 aliphatic heterocycles. The van der Waals surface area contributed by atoms with Gasteiger partial charge in [0.25, 0.3) is 0 Å². The molecule has 3 saturated heterocycles. The zero-order valence-corrected chi connectivity index (χ0v) is 12.4. The second-order valence-electron chi connectivity index (χ2n) is 7.07. The van der Waals surface area contributed by atoms with Crippen molar-refractivity contribution in [2.24, 2.45) is 17.8 Å². The minimum atomic E-state index is 0.566. The fourth-order valence-electron chi connectivity index (χ4n) is 4.59. The van der Waals surface area contributed by atoms with Crippen LogP contribution in [0.4, 0.5) is 0 Å². The third-order valence-electron chi connectivity index (χ3n) is 5.33. The molecule has 0 unspecified atom stereocenters. The molecular weight excluding hydrogens is 252 g/mol. The Morgan fingerprint density at radius 3 is 2.60 bits per heavy atom. The minimum absolute atomic E-state index is 0.566. The molecule has 110 valence electrons. The Balaban J connectivity index is 1.46. The van der Waals surface area contributed by atoms with Crippen molar-refractivity contribution in [3.8, 4) is 0 Å². The number of aromatic nitrogens is 2. The summed E-state index contributed by atoms with van der Waals surface area (Å²) in [5.41, 5.74) is 0. The molecule has 2 bridgehead atoms. The Kier molecular flexibility index (Phi) is 3.07. The predicted molar refractivity (Wildman–Crippen MR) is 75.0 cm³/mol. The number of hydrogen-bond donors (Lipinski definition) is 1. The maximum atomic E-state index is 5.37. The van der Waals surface area contributed by atoms with Gasteiger partial charge in [0.15, 0.2) is 5.82 Å². The molecule has 0 amide bonds. The highest BCUT2D eigenvalue weighted by molar-refractivity contribution is 5.10. The number of fused-ring (bicyclic) bond motifs is 5. The van der Waals surface area contributed by atoms with Crippen molar-refractivity contribution in [2.75, 3.05) is 13.1 Å². The van der Waals surface area contributed by atoms with Crippen molar-refractivity contribution in [3.63, 3.8) is 0 Å². The molecule has 0 aliphatic carbocycles. The zero-order chi connectivity index (χ0) is 13.7. The van der Waals surface area contributed by atoms with Crippen molar-refractivity contribution in [1.29, 1.82) is 0 Å². The van der Waals surface area contributed by atoms with Gasteiger partial charge in [-0.3, -0.25) is 4.90 Å². The molecule has 0 radical (unpaired) electrons. The smallest absolute Gasteiger partial charge is 0.226 e. The average molecular weight is 276 g/mol. The summed E-state index contributed by atoms with van der Waals surface area (Å²) in [7, 11) is 0. The Morgan fingerprint density at radius 2 is 1.95 bits per heavy atom. The lowest BCUT2D eigenvalue weighted by atomic mass is 9.82. The van der Waals surface area contributed by atoms with Crippen LogP contribution in [0.25, 0.3) is 0 Å². The van der Waals surface area contributed by atoms with Gasteiger partial charge in [-0.25, -0.2) is 0 Å². The van der Waals surface area contributed by atoms with Crippen molar-refractivity contribution < 1.29 is 4.52 Å². The second-order valence-corrected chi connectivity index (χ2v) is 7.07. The van der Waals surface area contributed by atoms with Crippen LogP contribution in [0.5, 0.6) is 0 Å². The van der Waals surface area contributed by atoms with Crippen LogP contribution in [0, 0.1) is 17.8 Å². The van der Waals surface area contributed by atoms with Crippen molar-refractivity contribution in [2.45, 2.75) is 51.7 Å². The first kappa shape index (κ1) is 12.8. The van der Waals surface area contributed by atoms with Crippen molar-refractivity contribution in [3.05, 3.63) is 11.7 Å². The topological polar surface area (TPSA) is 54.2 Å². The molecule has 4 heterocycles. The van der Waals surface area contributed by atoms with E-state index in [0.717, 1.165) is 48.6 Å². The molecule has 1 aromatic heterocycles. The molecule has 4 atom stereocenters. The highest BCUT2D eigenvalue weighted by atomic mass is 16.5. The maximum Gasteiger partial charge on any atom is 0.226 e. The van der Waals surface area contributed by atoms with Crippen LogP contribution >= 0.6 is 0 Å². The minimum Gasteiger partial charge on any atom is -0.339 e. The van der Waals surface area contributed by atoms with E-state index in [-0.39, 0.29) is 0 Å². The molecule has 4 rings (SSSR count). The molecular formula is C15H24N4O. The molecule has 20 heavy (non-hydrogen) atoms. The molecule has 3 aliphatic rings. The first-order chi connectivity index (χ1) is 9.72.